The smallest absolute Gasteiger partial charge is 0.0633 e. The topological polar surface area (TPSA) is 29.5 Å². The second-order valence-corrected chi connectivity index (χ2v) is 5.55. The highest BCUT2D eigenvalue weighted by Gasteiger charge is 2.43. The van der Waals surface area contributed by atoms with Crippen molar-refractivity contribution < 1.29 is 9.84 Å². The van der Waals surface area contributed by atoms with Crippen LogP contribution in [0.4, 0.5) is 0 Å². The van der Waals surface area contributed by atoms with Crippen molar-refractivity contribution in [2.45, 2.75) is 32.3 Å². The van der Waals surface area contributed by atoms with Crippen LogP contribution in [0.2, 0.25) is 0 Å². The fourth-order valence-electron chi connectivity index (χ4n) is 2.65. The molecule has 0 spiro atoms. The molecule has 1 aromatic rings. The first kappa shape index (κ1) is 11.6. The highest BCUT2D eigenvalue weighted by Crippen LogP contribution is 2.41. The van der Waals surface area contributed by atoms with E-state index < -0.39 is 0 Å². The van der Waals surface area contributed by atoms with Gasteiger partial charge in [-0.25, -0.2) is 0 Å². The summed E-state index contributed by atoms with van der Waals surface area (Å²) in [6, 6.07) is 10.3. The van der Waals surface area contributed by atoms with Crippen molar-refractivity contribution in [2.24, 2.45) is 5.41 Å². The van der Waals surface area contributed by atoms with Gasteiger partial charge in [0.2, 0.25) is 0 Å². The number of hydrogen-bond acceptors (Lipinski definition) is 2. The van der Waals surface area contributed by atoms with E-state index in [0.717, 1.165) is 12.8 Å². The lowest BCUT2D eigenvalue weighted by atomic mass is 9.78. The molecule has 0 aliphatic carbocycles. The minimum atomic E-state index is -0.0997. The first-order valence-corrected chi connectivity index (χ1v) is 5.84. The van der Waals surface area contributed by atoms with Crippen LogP contribution in [0.5, 0.6) is 0 Å². The number of aliphatic hydroxyl groups excluding tert-OH is 1. The van der Waals surface area contributed by atoms with Crippen LogP contribution in [0.25, 0.3) is 0 Å². The maximum atomic E-state index is 9.63. The SMILES string of the molecule is CC1(C)CC(CO)(Cc2ccccc2)CO1. The summed E-state index contributed by atoms with van der Waals surface area (Å²) in [5.41, 5.74) is 1.08. The summed E-state index contributed by atoms with van der Waals surface area (Å²) in [6.45, 7) is 5.04. The fraction of sp³-hybridized carbons (Fsp3) is 0.571. The van der Waals surface area contributed by atoms with Crippen molar-refractivity contribution in [3.8, 4) is 0 Å². The second-order valence-electron chi connectivity index (χ2n) is 5.55. The van der Waals surface area contributed by atoms with Gasteiger partial charge in [-0.1, -0.05) is 30.3 Å². The Morgan fingerprint density at radius 1 is 1.25 bits per heavy atom. The monoisotopic (exact) mass is 220 g/mol. The standard InChI is InChI=1S/C14H20O2/c1-13(2)9-14(10-15,11-16-13)8-12-6-4-3-5-7-12/h3-7,15H,8-11H2,1-2H3. The van der Waals surface area contributed by atoms with Gasteiger partial charge in [0.25, 0.3) is 0 Å². The molecule has 0 radical (unpaired) electrons. The minimum Gasteiger partial charge on any atom is -0.396 e. The van der Waals surface area contributed by atoms with E-state index in [9.17, 15) is 5.11 Å². The van der Waals surface area contributed by atoms with Crippen molar-refractivity contribution in [2.75, 3.05) is 13.2 Å². The molecule has 1 heterocycles. The highest BCUT2D eigenvalue weighted by atomic mass is 16.5. The summed E-state index contributed by atoms with van der Waals surface area (Å²) in [6.07, 6.45) is 1.82. The Kier molecular flexibility index (Phi) is 3.04. The molecule has 1 aliphatic rings. The van der Waals surface area contributed by atoms with Crippen LogP contribution < -0.4 is 0 Å². The van der Waals surface area contributed by atoms with Crippen LogP contribution in [0.15, 0.2) is 30.3 Å². The number of ether oxygens (including phenoxy) is 1. The molecule has 88 valence electrons. The Morgan fingerprint density at radius 2 is 1.94 bits per heavy atom. The van der Waals surface area contributed by atoms with Gasteiger partial charge < -0.3 is 9.84 Å². The van der Waals surface area contributed by atoms with E-state index in [0.29, 0.717) is 6.61 Å². The Morgan fingerprint density at radius 3 is 2.44 bits per heavy atom. The summed E-state index contributed by atoms with van der Waals surface area (Å²) < 4.78 is 5.76. The van der Waals surface area contributed by atoms with Crippen LogP contribution in [0.1, 0.15) is 25.8 Å². The summed E-state index contributed by atoms with van der Waals surface area (Å²) in [5.74, 6) is 0. The van der Waals surface area contributed by atoms with Crippen molar-refractivity contribution in [1.29, 1.82) is 0 Å². The molecule has 1 atom stereocenters. The molecular weight excluding hydrogens is 200 g/mol. The van der Waals surface area contributed by atoms with Crippen molar-refractivity contribution >= 4 is 0 Å². The van der Waals surface area contributed by atoms with Gasteiger partial charge in [0.15, 0.2) is 0 Å². The third kappa shape index (κ3) is 2.45. The van der Waals surface area contributed by atoms with Crippen LogP contribution >= 0.6 is 0 Å². The van der Waals surface area contributed by atoms with Gasteiger partial charge in [0.1, 0.15) is 0 Å². The minimum absolute atomic E-state index is 0.0924. The van der Waals surface area contributed by atoms with Gasteiger partial charge >= 0.3 is 0 Å². The predicted octanol–water partition coefficient (Wildman–Crippen LogP) is 2.41. The highest BCUT2D eigenvalue weighted by molar-refractivity contribution is 5.17. The third-order valence-electron chi connectivity index (χ3n) is 3.33. The number of rotatable bonds is 3. The Balaban J connectivity index is 2.13. The maximum absolute atomic E-state index is 9.63. The molecular formula is C14H20O2. The van der Waals surface area contributed by atoms with E-state index in [-0.39, 0.29) is 17.6 Å². The summed E-state index contributed by atoms with van der Waals surface area (Å²) in [4.78, 5) is 0. The molecule has 1 fully saturated rings. The summed E-state index contributed by atoms with van der Waals surface area (Å²) >= 11 is 0. The number of hydrogen-bond donors (Lipinski definition) is 1. The third-order valence-corrected chi connectivity index (χ3v) is 3.33. The molecule has 2 nitrogen and oxygen atoms in total. The molecule has 1 saturated heterocycles. The Labute approximate surface area is 97.3 Å². The molecule has 0 amide bonds. The maximum Gasteiger partial charge on any atom is 0.0633 e. The molecule has 0 saturated carbocycles. The lowest BCUT2D eigenvalue weighted by Gasteiger charge is -2.26. The van der Waals surface area contributed by atoms with Crippen molar-refractivity contribution in [1.82, 2.24) is 0 Å². The quantitative estimate of drug-likeness (QED) is 0.847. The largest absolute Gasteiger partial charge is 0.396 e. The van der Waals surface area contributed by atoms with E-state index in [1.165, 1.54) is 5.56 Å². The molecule has 2 rings (SSSR count). The Bertz CT molecular complexity index is 345. The van der Waals surface area contributed by atoms with Gasteiger partial charge in [-0.3, -0.25) is 0 Å². The lowest BCUT2D eigenvalue weighted by Crippen LogP contribution is -2.30. The van der Waals surface area contributed by atoms with Crippen molar-refractivity contribution in [3.05, 3.63) is 35.9 Å². The zero-order chi connectivity index (χ0) is 11.6. The van der Waals surface area contributed by atoms with Gasteiger partial charge in [-0.2, -0.15) is 0 Å². The van der Waals surface area contributed by atoms with Crippen LogP contribution in [0, 0.1) is 5.41 Å². The van der Waals surface area contributed by atoms with E-state index in [4.69, 9.17) is 4.74 Å². The predicted molar refractivity (Wildman–Crippen MR) is 64.3 cm³/mol. The zero-order valence-electron chi connectivity index (χ0n) is 10.1. The van der Waals surface area contributed by atoms with Crippen LogP contribution in [0.3, 0.4) is 0 Å². The molecule has 1 aliphatic heterocycles. The van der Waals surface area contributed by atoms with Crippen LogP contribution in [-0.2, 0) is 11.2 Å². The molecule has 2 heteroatoms. The molecule has 0 bridgehead atoms. The second kappa shape index (κ2) is 4.19. The van der Waals surface area contributed by atoms with E-state index in [1.807, 2.05) is 18.2 Å². The van der Waals surface area contributed by atoms with Gasteiger partial charge in [0.05, 0.1) is 18.8 Å². The number of benzene rings is 1. The molecule has 1 aromatic carbocycles. The summed E-state index contributed by atoms with van der Waals surface area (Å²) in [5, 5.41) is 9.63. The lowest BCUT2D eigenvalue weighted by molar-refractivity contribution is 0.0262. The first-order valence-electron chi connectivity index (χ1n) is 5.84. The number of aliphatic hydroxyl groups is 1. The van der Waals surface area contributed by atoms with Gasteiger partial charge in [0, 0.05) is 5.41 Å². The van der Waals surface area contributed by atoms with Gasteiger partial charge in [-0.15, -0.1) is 0 Å². The Hall–Kier alpha value is -0.860. The van der Waals surface area contributed by atoms with Crippen molar-refractivity contribution in [3.63, 3.8) is 0 Å². The molecule has 0 aromatic heterocycles. The average Bonchev–Trinajstić information content (AvgIpc) is 2.57. The van der Waals surface area contributed by atoms with E-state index in [2.05, 4.69) is 26.0 Å². The average molecular weight is 220 g/mol. The first-order chi connectivity index (χ1) is 7.55. The van der Waals surface area contributed by atoms with Crippen LogP contribution in [-0.4, -0.2) is 23.9 Å². The van der Waals surface area contributed by atoms with E-state index >= 15 is 0 Å². The fourth-order valence-corrected chi connectivity index (χ4v) is 2.65. The summed E-state index contributed by atoms with van der Waals surface area (Å²) in [7, 11) is 0. The molecule has 16 heavy (non-hydrogen) atoms. The normalized spacial score (nSPS) is 28.2. The molecule has 1 unspecified atom stereocenters. The zero-order valence-corrected chi connectivity index (χ0v) is 10.1. The molecule has 1 N–H and O–H groups in total. The van der Waals surface area contributed by atoms with E-state index in [1.54, 1.807) is 0 Å². The van der Waals surface area contributed by atoms with Gasteiger partial charge in [-0.05, 0) is 32.3 Å².